The molecule has 1 fully saturated rings. The summed E-state index contributed by atoms with van der Waals surface area (Å²) in [4.78, 5) is 24.9. The van der Waals surface area contributed by atoms with E-state index < -0.39 is 6.03 Å². The first-order valence-electron chi connectivity index (χ1n) is 7.51. The summed E-state index contributed by atoms with van der Waals surface area (Å²) in [5.74, 6) is -0.241. The average molecular weight is 285 g/mol. The Morgan fingerprint density at radius 2 is 2.10 bits per heavy atom. The molecule has 6 nitrogen and oxygen atoms in total. The van der Waals surface area contributed by atoms with Crippen LogP contribution in [0.15, 0.2) is 0 Å². The van der Waals surface area contributed by atoms with Gasteiger partial charge in [0, 0.05) is 33.2 Å². The van der Waals surface area contributed by atoms with E-state index in [9.17, 15) is 9.59 Å². The Bertz CT molecular complexity index is 304. The standard InChI is InChI=1S/C14H27N3O3/c1-3-8-17(11-12-6-4-5-10-20-12)9-7-13(18)16-14(19)15-2/h12H,3-11H2,1-2H3,(H2,15,16,18,19). The molecule has 0 aromatic rings. The summed E-state index contributed by atoms with van der Waals surface area (Å²) >= 11 is 0. The zero-order valence-corrected chi connectivity index (χ0v) is 12.6. The lowest BCUT2D eigenvalue weighted by Gasteiger charge is -2.29. The molecule has 1 rings (SSSR count). The third-order valence-electron chi connectivity index (χ3n) is 3.41. The molecule has 1 heterocycles. The lowest BCUT2D eigenvalue weighted by Crippen LogP contribution is -2.41. The molecule has 0 aliphatic carbocycles. The number of rotatable bonds is 7. The zero-order valence-electron chi connectivity index (χ0n) is 12.6. The number of nitrogens with one attached hydrogen (secondary N) is 2. The Hall–Kier alpha value is -1.14. The van der Waals surface area contributed by atoms with Crippen LogP contribution in [0.25, 0.3) is 0 Å². The topological polar surface area (TPSA) is 70.7 Å². The van der Waals surface area contributed by atoms with E-state index in [0.717, 1.165) is 39.0 Å². The van der Waals surface area contributed by atoms with Crippen molar-refractivity contribution in [3.63, 3.8) is 0 Å². The van der Waals surface area contributed by atoms with Gasteiger partial charge in [0.05, 0.1) is 6.10 Å². The first kappa shape index (κ1) is 16.9. The number of hydrogen-bond donors (Lipinski definition) is 2. The lowest BCUT2D eigenvalue weighted by atomic mass is 10.1. The van der Waals surface area contributed by atoms with Crippen molar-refractivity contribution < 1.29 is 14.3 Å². The average Bonchev–Trinajstić information content (AvgIpc) is 2.46. The van der Waals surface area contributed by atoms with Crippen LogP contribution in [0.4, 0.5) is 4.79 Å². The molecule has 0 radical (unpaired) electrons. The van der Waals surface area contributed by atoms with Crippen LogP contribution < -0.4 is 10.6 Å². The van der Waals surface area contributed by atoms with E-state index in [1.54, 1.807) is 0 Å². The SMILES string of the molecule is CCCN(CCC(=O)NC(=O)NC)CC1CCCCO1. The van der Waals surface area contributed by atoms with Gasteiger partial charge in [-0.05, 0) is 32.2 Å². The Balaban J connectivity index is 2.30. The van der Waals surface area contributed by atoms with Gasteiger partial charge in [0.1, 0.15) is 0 Å². The molecule has 20 heavy (non-hydrogen) atoms. The highest BCUT2D eigenvalue weighted by Gasteiger charge is 2.18. The number of carbonyl (C=O) groups excluding carboxylic acids is 2. The normalized spacial score (nSPS) is 18.9. The molecule has 0 bridgehead atoms. The molecule has 2 N–H and O–H groups in total. The van der Waals surface area contributed by atoms with E-state index in [1.807, 2.05) is 0 Å². The molecule has 0 spiro atoms. The van der Waals surface area contributed by atoms with Crippen molar-refractivity contribution in [3.05, 3.63) is 0 Å². The number of ether oxygens (including phenoxy) is 1. The van der Waals surface area contributed by atoms with Crippen molar-refractivity contribution in [2.45, 2.75) is 45.1 Å². The fourth-order valence-electron chi connectivity index (χ4n) is 2.36. The monoisotopic (exact) mass is 285 g/mol. The van der Waals surface area contributed by atoms with Gasteiger partial charge in [0.2, 0.25) is 5.91 Å². The minimum absolute atomic E-state index is 0.241. The Morgan fingerprint density at radius 3 is 2.70 bits per heavy atom. The van der Waals surface area contributed by atoms with E-state index >= 15 is 0 Å². The molecule has 0 aromatic heterocycles. The van der Waals surface area contributed by atoms with Gasteiger partial charge < -0.3 is 15.0 Å². The molecule has 116 valence electrons. The van der Waals surface area contributed by atoms with Gasteiger partial charge in [-0.3, -0.25) is 10.1 Å². The van der Waals surface area contributed by atoms with E-state index in [1.165, 1.54) is 13.5 Å². The second-order valence-electron chi connectivity index (χ2n) is 5.17. The van der Waals surface area contributed by atoms with Crippen molar-refractivity contribution in [1.29, 1.82) is 0 Å². The molecule has 3 amide bonds. The minimum Gasteiger partial charge on any atom is -0.377 e. The molecule has 0 aromatic carbocycles. The second-order valence-corrected chi connectivity index (χ2v) is 5.17. The van der Waals surface area contributed by atoms with Gasteiger partial charge in [-0.25, -0.2) is 4.79 Å². The predicted molar refractivity (Wildman–Crippen MR) is 77.5 cm³/mol. The van der Waals surface area contributed by atoms with Crippen LogP contribution in [-0.4, -0.2) is 56.2 Å². The molecular weight excluding hydrogens is 258 g/mol. The summed E-state index contributed by atoms with van der Waals surface area (Å²) in [6.45, 7) is 5.46. The summed E-state index contributed by atoms with van der Waals surface area (Å²) in [6.07, 6.45) is 5.15. The fraction of sp³-hybridized carbons (Fsp3) is 0.857. The Morgan fingerprint density at radius 1 is 1.30 bits per heavy atom. The number of carbonyl (C=O) groups is 2. The zero-order chi connectivity index (χ0) is 14.8. The maximum atomic E-state index is 11.6. The third kappa shape index (κ3) is 6.86. The van der Waals surface area contributed by atoms with Crippen LogP contribution in [0.3, 0.4) is 0 Å². The minimum atomic E-state index is -0.451. The van der Waals surface area contributed by atoms with Gasteiger partial charge in [0.15, 0.2) is 0 Å². The predicted octanol–water partition coefficient (Wildman–Crippen LogP) is 1.11. The van der Waals surface area contributed by atoms with Crippen molar-refractivity contribution >= 4 is 11.9 Å². The van der Waals surface area contributed by atoms with Crippen molar-refractivity contribution in [2.24, 2.45) is 0 Å². The first-order valence-corrected chi connectivity index (χ1v) is 7.51. The summed E-state index contributed by atoms with van der Waals surface area (Å²) in [7, 11) is 1.49. The number of urea groups is 1. The van der Waals surface area contributed by atoms with Crippen LogP contribution in [0.5, 0.6) is 0 Å². The van der Waals surface area contributed by atoms with Gasteiger partial charge in [-0.2, -0.15) is 0 Å². The number of nitrogens with zero attached hydrogens (tertiary/aromatic N) is 1. The molecule has 6 heteroatoms. The largest absolute Gasteiger partial charge is 0.377 e. The summed E-state index contributed by atoms with van der Waals surface area (Å²) in [5, 5.41) is 4.65. The van der Waals surface area contributed by atoms with E-state index in [0.29, 0.717) is 13.0 Å². The van der Waals surface area contributed by atoms with Crippen LogP contribution >= 0.6 is 0 Å². The van der Waals surface area contributed by atoms with Gasteiger partial charge in [-0.15, -0.1) is 0 Å². The van der Waals surface area contributed by atoms with Crippen molar-refractivity contribution in [3.8, 4) is 0 Å². The number of hydrogen-bond acceptors (Lipinski definition) is 4. The third-order valence-corrected chi connectivity index (χ3v) is 3.41. The maximum absolute atomic E-state index is 11.6. The lowest BCUT2D eigenvalue weighted by molar-refractivity contribution is -0.120. The Kier molecular flexibility index (Phi) is 8.22. The van der Waals surface area contributed by atoms with Crippen molar-refractivity contribution in [2.75, 3.05) is 33.3 Å². The highest BCUT2D eigenvalue weighted by Crippen LogP contribution is 2.14. The molecule has 1 unspecified atom stereocenters. The molecule has 0 saturated carbocycles. The van der Waals surface area contributed by atoms with Crippen LogP contribution in [0.2, 0.25) is 0 Å². The maximum Gasteiger partial charge on any atom is 0.321 e. The van der Waals surface area contributed by atoms with Crippen LogP contribution in [0, 0.1) is 0 Å². The number of imide groups is 1. The molecule has 1 saturated heterocycles. The van der Waals surface area contributed by atoms with E-state index in [4.69, 9.17) is 4.74 Å². The summed E-state index contributed by atoms with van der Waals surface area (Å²) < 4.78 is 5.74. The summed E-state index contributed by atoms with van der Waals surface area (Å²) in [5.41, 5.74) is 0. The molecule has 1 aliphatic heterocycles. The number of amides is 3. The van der Waals surface area contributed by atoms with Gasteiger partial charge in [-0.1, -0.05) is 6.92 Å². The Labute approximate surface area is 121 Å². The first-order chi connectivity index (χ1) is 9.65. The van der Waals surface area contributed by atoms with Crippen LogP contribution in [0.1, 0.15) is 39.0 Å². The van der Waals surface area contributed by atoms with Crippen LogP contribution in [-0.2, 0) is 9.53 Å². The summed E-state index contributed by atoms with van der Waals surface area (Å²) in [6, 6.07) is -0.451. The molecular formula is C14H27N3O3. The highest BCUT2D eigenvalue weighted by atomic mass is 16.5. The van der Waals surface area contributed by atoms with Gasteiger partial charge in [0.25, 0.3) is 0 Å². The fourth-order valence-corrected chi connectivity index (χ4v) is 2.36. The smallest absolute Gasteiger partial charge is 0.321 e. The highest BCUT2D eigenvalue weighted by molar-refractivity contribution is 5.94. The second kappa shape index (κ2) is 9.72. The molecule has 1 atom stereocenters. The van der Waals surface area contributed by atoms with E-state index in [2.05, 4.69) is 22.5 Å². The molecule has 1 aliphatic rings. The quantitative estimate of drug-likeness (QED) is 0.735. The van der Waals surface area contributed by atoms with Gasteiger partial charge >= 0.3 is 6.03 Å². The van der Waals surface area contributed by atoms with Crippen molar-refractivity contribution in [1.82, 2.24) is 15.5 Å². The van der Waals surface area contributed by atoms with E-state index in [-0.39, 0.29) is 12.0 Å².